The number of piperazine rings is 1. The average molecular weight is 386 g/mol. The van der Waals surface area contributed by atoms with Crippen molar-refractivity contribution in [3.63, 3.8) is 0 Å². The lowest BCUT2D eigenvalue weighted by molar-refractivity contribution is -0.143. The fourth-order valence-corrected chi connectivity index (χ4v) is 5.01. The molecule has 0 bridgehead atoms. The zero-order chi connectivity index (χ0) is 17.6. The second kappa shape index (κ2) is 10.5. The summed E-state index contributed by atoms with van der Waals surface area (Å²) in [5, 5.41) is 3.14. The lowest BCUT2D eigenvalue weighted by atomic mass is 9.88. The molecule has 6 heteroatoms. The molecule has 150 valence electrons. The molecular formula is C20H36ClN3O2. The third-order valence-corrected chi connectivity index (χ3v) is 6.35. The van der Waals surface area contributed by atoms with E-state index in [1.165, 1.54) is 25.7 Å². The number of hydrogen-bond donors (Lipinski definition) is 1. The first-order valence-corrected chi connectivity index (χ1v) is 10.5. The molecule has 0 aromatic heterocycles. The van der Waals surface area contributed by atoms with Crippen LogP contribution < -0.4 is 5.32 Å². The zero-order valence-electron chi connectivity index (χ0n) is 16.3. The minimum absolute atomic E-state index is 0. The molecule has 2 saturated heterocycles. The Bertz CT molecular complexity index is 468. The van der Waals surface area contributed by atoms with Crippen LogP contribution >= 0.6 is 12.4 Å². The maximum Gasteiger partial charge on any atom is 0.236 e. The molecule has 0 radical (unpaired) electrons. The Morgan fingerprint density at radius 3 is 2.65 bits per heavy atom. The van der Waals surface area contributed by atoms with E-state index in [1.54, 1.807) is 0 Å². The third-order valence-electron chi connectivity index (χ3n) is 6.35. The Morgan fingerprint density at radius 1 is 1.19 bits per heavy atom. The van der Waals surface area contributed by atoms with E-state index >= 15 is 0 Å². The van der Waals surface area contributed by atoms with E-state index < -0.39 is 0 Å². The van der Waals surface area contributed by atoms with Crippen molar-refractivity contribution in [1.29, 1.82) is 0 Å². The highest BCUT2D eigenvalue weighted by molar-refractivity contribution is 5.85. The molecule has 2 heterocycles. The molecule has 2 amide bonds. The molecule has 1 N–H and O–H groups in total. The highest BCUT2D eigenvalue weighted by Crippen LogP contribution is 2.33. The Morgan fingerprint density at radius 2 is 1.96 bits per heavy atom. The van der Waals surface area contributed by atoms with Crippen molar-refractivity contribution in [2.45, 2.75) is 70.8 Å². The summed E-state index contributed by atoms with van der Waals surface area (Å²) in [6.45, 7) is 5.91. The van der Waals surface area contributed by atoms with Gasteiger partial charge in [0, 0.05) is 38.1 Å². The van der Waals surface area contributed by atoms with Crippen molar-refractivity contribution in [2.24, 2.45) is 11.8 Å². The van der Waals surface area contributed by atoms with Gasteiger partial charge in [-0.3, -0.25) is 9.59 Å². The molecule has 2 aliphatic heterocycles. The number of piperidine rings is 1. The van der Waals surface area contributed by atoms with E-state index in [9.17, 15) is 9.59 Å². The molecule has 0 aromatic carbocycles. The van der Waals surface area contributed by atoms with Gasteiger partial charge in [-0.05, 0) is 31.6 Å². The largest absolute Gasteiger partial charge is 0.340 e. The predicted molar refractivity (Wildman–Crippen MR) is 106 cm³/mol. The second-order valence-electron chi connectivity index (χ2n) is 8.22. The maximum absolute atomic E-state index is 13.2. The van der Waals surface area contributed by atoms with Crippen LogP contribution in [0, 0.1) is 11.8 Å². The molecule has 0 aromatic rings. The van der Waals surface area contributed by atoms with Crippen molar-refractivity contribution in [1.82, 2.24) is 15.1 Å². The molecule has 3 rings (SSSR count). The van der Waals surface area contributed by atoms with Crippen LogP contribution in [0.3, 0.4) is 0 Å². The maximum atomic E-state index is 13.2. The van der Waals surface area contributed by atoms with E-state index in [1.807, 2.05) is 4.90 Å². The summed E-state index contributed by atoms with van der Waals surface area (Å²) in [5.74, 6) is 1.52. The molecule has 1 saturated carbocycles. The first-order valence-electron chi connectivity index (χ1n) is 10.5. The van der Waals surface area contributed by atoms with Crippen LogP contribution in [0.5, 0.6) is 0 Å². The second-order valence-corrected chi connectivity index (χ2v) is 8.22. The molecule has 3 fully saturated rings. The molecule has 2 atom stereocenters. The van der Waals surface area contributed by atoms with Gasteiger partial charge in [0.2, 0.25) is 11.8 Å². The summed E-state index contributed by atoms with van der Waals surface area (Å²) in [5.41, 5.74) is 0. The quantitative estimate of drug-likeness (QED) is 0.764. The van der Waals surface area contributed by atoms with E-state index in [0.717, 1.165) is 64.2 Å². The highest BCUT2D eigenvalue weighted by Gasteiger charge is 2.34. The fraction of sp³-hybridized carbons (Fsp3) is 0.900. The van der Waals surface area contributed by atoms with Crippen molar-refractivity contribution >= 4 is 24.2 Å². The normalized spacial score (nSPS) is 25.9. The Balaban J connectivity index is 0.00000243. The monoisotopic (exact) mass is 385 g/mol. The standard InChI is InChI=1S/C20H35N3O2.ClH/c1-2-6-17(13-16-7-3-4-8-16)20(25)22-11-5-9-18(15-22)23-12-10-21-14-19(23)24;/h16-18,21H,2-15H2,1H3;1H. The third kappa shape index (κ3) is 5.35. The van der Waals surface area contributed by atoms with E-state index in [0.29, 0.717) is 12.5 Å². The van der Waals surface area contributed by atoms with E-state index in [4.69, 9.17) is 0 Å². The van der Waals surface area contributed by atoms with E-state index in [-0.39, 0.29) is 30.3 Å². The molecular weight excluding hydrogens is 350 g/mol. The highest BCUT2D eigenvalue weighted by atomic mass is 35.5. The van der Waals surface area contributed by atoms with E-state index in [2.05, 4.69) is 17.1 Å². The van der Waals surface area contributed by atoms with Gasteiger partial charge in [0.1, 0.15) is 0 Å². The topological polar surface area (TPSA) is 52.7 Å². The molecule has 3 aliphatic rings. The molecule has 26 heavy (non-hydrogen) atoms. The molecule has 5 nitrogen and oxygen atoms in total. The minimum Gasteiger partial charge on any atom is -0.340 e. The van der Waals surface area contributed by atoms with Crippen LogP contribution in [0.15, 0.2) is 0 Å². The van der Waals surface area contributed by atoms with Gasteiger partial charge in [-0.1, -0.05) is 39.0 Å². The van der Waals surface area contributed by atoms with Crippen LogP contribution in [0.2, 0.25) is 0 Å². The number of likely N-dealkylation sites (tertiary alicyclic amines) is 1. The fourth-order valence-electron chi connectivity index (χ4n) is 5.01. The van der Waals surface area contributed by atoms with Gasteiger partial charge in [0.25, 0.3) is 0 Å². The summed E-state index contributed by atoms with van der Waals surface area (Å²) in [6, 6.07) is 0.223. The number of carbonyl (C=O) groups is 2. The molecule has 0 spiro atoms. The summed E-state index contributed by atoms with van der Waals surface area (Å²) in [6.07, 6.45) is 10.5. The lowest BCUT2D eigenvalue weighted by Crippen LogP contribution is -2.58. The predicted octanol–water partition coefficient (Wildman–Crippen LogP) is 2.83. The molecule has 2 unspecified atom stereocenters. The number of carbonyl (C=O) groups excluding carboxylic acids is 2. The smallest absolute Gasteiger partial charge is 0.236 e. The number of nitrogens with zero attached hydrogens (tertiary/aromatic N) is 2. The van der Waals surface area contributed by atoms with Gasteiger partial charge >= 0.3 is 0 Å². The van der Waals surface area contributed by atoms with Gasteiger partial charge in [-0.15, -0.1) is 12.4 Å². The Hall–Kier alpha value is -0.810. The van der Waals surface area contributed by atoms with Crippen molar-refractivity contribution in [2.75, 3.05) is 32.7 Å². The Kier molecular flexibility index (Phi) is 8.68. The molecule has 1 aliphatic carbocycles. The Labute approximate surface area is 164 Å². The summed E-state index contributed by atoms with van der Waals surface area (Å²) >= 11 is 0. The number of rotatable bonds is 6. The van der Waals surface area contributed by atoms with Crippen LogP contribution in [-0.4, -0.2) is 60.4 Å². The van der Waals surface area contributed by atoms with Crippen LogP contribution in [0.25, 0.3) is 0 Å². The zero-order valence-corrected chi connectivity index (χ0v) is 17.1. The van der Waals surface area contributed by atoms with Gasteiger partial charge in [-0.2, -0.15) is 0 Å². The SMILES string of the molecule is CCCC(CC1CCCC1)C(=O)N1CCCC(N2CCNCC2=O)C1.Cl. The van der Waals surface area contributed by atoms with Crippen LogP contribution in [0.1, 0.15) is 64.7 Å². The number of hydrogen-bond acceptors (Lipinski definition) is 3. The number of amides is 2. The first kappa shape index (κ1) is 21.5. The van der Waals surface area contributed by atoms with Gasteiger partial charge < -0.3 is 15.1 Å². The summed E-state index contributed by atoms with van der Waals surface area (Å²) in [7, 11) is 0. The number of halogens is 1. The first-order chi connectivity index (χ1) is 12.2. The lowest BCUT2D eigenvalue weighted by Gasteiger charge is -2.42. The van der Waals surface area contributed by atoms with Crippen molar-refractivity contribution in [3.8, 4) is 0 Å². The minimum atomic E-state index is 0. The van der Waals surface area contributed by atoms with Gasteiger partial charge in [-0.25, -0.2) is 0 Å². The van der Waals surface area contributed by atoms with Gasteiger partial charge in [0.15, 0.2) is 0 Å². The van der Waals surface area contributed by atoms with Crippen molar-refractivity contribution < 1.29 is 9.59 Å². The summed E-state index contributed by atoms with van der Waals surface area (Å²) in [4.78, 5) is 29.5. The van der Waals surface area contributed by atoms with Crippen LogP contribution in [-0.2, 0) is 9.59 Å². The average Bonchev–Trinajstić information content (AvgIpc) is 3.14. The van der Waals surface area contributed by atoms with Crippen molar-refractivity contribution in [3.05, 3.63) is 0 Å². The van der Waals surface area contributed by atoms with Crippen LogP contribution in [0.4, 0.5) is 0 Å². The number of nitrogens with one attached hydrogen (secondary N) is 1. The van der Waals surface area contributed by atoms with Gasteiger partial charge in [0.05, 0.1) is 6.54 Å². The summed E-state index contributed by atoms with van der Waals surface area (Å²) < 4.78 is 0.